The molecule has 1 amide bonds. The van der Waals surface area contributed by atoms with Gasteiger partial charge in [-0.25, -0.2) is 0 Å². The van der Waals surface area contributed by atoms with Crippen LogP contribution >= 0.6 is 23.4 Å². The van der Waals surface area contributed by atoms with Crippen LogP contribution < -0.4 is 11.5 Å². The molecule has 0 saturated heterocycles. The number of amides is 1. The van der Waals surface area contributed by atoms with Crippen molar-refractivity contribution in [2.24, 2.45) is 16.5 Å². The Balaban J connectivity index is 2.53. The van der Waals surface area contributed by atoms with E-state index in [9.17, 15) is 14.9 Å². The zero-order chi connectivity index (χ0) is 18.6. The van der Waals surface area contributed by atoms with Gasteiger partial charge in [0.05, 0.1) is 15.4 Å². The van der Waals surface area contributed by atoms with Gasteiger partial charge in [0.1, 0.15) is 0 Å². The number of carbonyl (C=O) groups excluding carboxylic acids is 1. The Kier molecular flexibility index (Phi) is 6.00. The lowest BCUT2D eigenvalue weighted by Gasteiger charge is -2.09. The third kappa shape index (κ3) is 4.71. The summed E-state index contributed by atoms with van der Waals surface area (Å²) < 4.78 is 0. The predicted octanol–water partition coefficient (Wildman–Crippen LogP) is 3.38. The summed E-state index contributed by atoms with van der Waals surface area (Å²) in [5, 5.41) is 12.0. The maximum atomic E-state index is 12.1. The molecule has 0 aliphatic rings. The number of rotatable bonds is 5. The molecule has 0 radical (unpaired) electrons. The van der Waals surface area contributed by atoms with Crippen LogP contribution in [0, 0.1) is 10.1 Å². The Morgan fingerprint density at radius 1 is 1.28 bits per heavy atom. The Morgan fingerprint density at radius 2 is 1.92 bits per heavy atom. The molecule has 0 fully saturated rings. The SMILES string of the molecule is CCc1cc(Sc2ccc(Cl)cc2)c([N+](=O)[O-])cc1C(=O)N=C(N)N. The maximum Gasteiger partial charge on any atom is 0.284 e. The number of benzene rings is 2. The van der Waals surface area contributed by atoms with Crippen molar-refractivity contribution in [2.45, 2.75) is 23.1 Å². The molecule has 0 aliphatic heterocycles. The zero-order valence-corrected chi connectivity index (χ0v) is 14.8. The first-order valence-electron chi connectivity index (χ1n) is 7.20. The second-order valence-electron chi connectivity index (χ2n) is 4.99. The topological polar surface area (TPSA) is 125 Å². The van der Waals surface area contributed by atoms with Crippen molar-refractivity contribution in [3.8, 4) is 0 Å². The number of hydrogen-bond acceptors (Lipinski definition) is 4. The predicted molar refractivity (Wildman–Crippen MR) is 98.2 cm³/mol. The molecule has 0 bridgehead atoms. The minimum Gasteiger partial charge on any atom is -0.370 e. The third-order valence-corrected chi connectivity index (χ3v) is 4.57. The van der Waals surface area contributed by atoms with Crippen molar-refractivity contribution in [1.82, 2.24) is 0 Å². The summed E-state index contributed by atoms with van der Waals surface area (Å²) in [4.78, 5) is 27.7. The van der Waals surface area contributed by atoms with Gasteiger partial charge in [0, 0.05) is 16.0 Å². The molecule has 0 saturated carbocycles. The first kappa shape index (κ1) is 18.8. The highest BCUT2D eigenvalue weighted by Gasteiger charge is 2.22. The average Bonchev–Trinajstić information content (AvgIpc) is 2.55. The fourth-order valence-corrected chi connectivity index (χ4v) is 3.22. The van der Waals surface area contributed by atoms with Crippen LogP contribution in [0.1, 0.15) is 22.8 Å². The highest BCUT2D eigenvalue weighted by atomic mass is 35.5. The van der Waals surface area contributed by atoms with Crippen LogP contribution in [-0.4, -0.2) is 16.8 Å². The lowest BCUT2D eigenvalue weighted by Crippen LogP contribution is -2.24. The standard InChI is InChI=1S/C16H15ClN4O3S/c1-2-9-7-14(25-11-5-3-10(17)4-6-11)13(21(23)24)8-12(9)15(22)20-16(18)19/h3-8H,2H2,1H3,(H4,18,19,20,22). The van der Waals surface area contributed by atoms with Gasteiger partial charge in [-0.1, -0.05) is 30.3 Å². The lowest BCUT2D eigenvalue weighted by molar-refractivity contribution is -0.387. The van der Waals surface area contributed by atoms with Crippen LogP contribution in [0.25, 0.3) is 0 Å². The first-order valence-corrected chi connectivity index (χ1v) is 8.40. The number of guanidine groups is 1. The Labute approximate surface area is 153 Å². The number of nitrogens with two attached hydrogens (primary N) is 2. The monoisotopic (exact) mass is 378 g/mol. The maximum absolute atomic E-state index is 12.1. The fourth-order valence-electron chi connectivity index (χ4n) is 2.13. The number of nitrogens with zero attached hydrogens (tertiary/aromatic N) is 2. The largest absolute Gasteiger partial charge is 0.370 e. The van der Waals surface area contributed by atoms with E-state index in [1.165, 1.54) is 17.8 Å². The van der Waals surface area contributed by atoms with Crippen molar-refractivity contribution < 1.29 is 9.72 Å². The summed E-state index contributed by atoms with van der Waals surface area (Å²) in [6.07, 6.45) is 0.493. The van der Waals surface area contributed by atoms with E-state index in [-0.39, 0.29) is 11.3 Å². The molecule has 25 heavy (non-hydrogen) atoms. The minimum atomic E-state index is -0.706. The Bertz CT molecular complexity index is 849. The summed E-state index contributed by atoms with van der Waals surface area (Å²) in [5.41, 5.74) is 11.0. The molecule has 0 unspecified atom stereocenters. The van der Waals surface area contributed by atoms with Gasteiger partial charge in [-0.15, -0.1) is 0 Å². The van der Waals surface area contributed by atoms with E-state index in [1.54, 1.807) is 30.3 Å². The van der Waals surface area contributed by atoms with Gasteiger partial charge >= 0.3 is 0 Å². The highest BCUT2D eigenvalue weighted by molar-refractivity contribution is 7.99. The van der Waals surface area contributed by atoms with E-state index in [4.69, 9.17) is 23.1 Å². The van der Waals surface area contributed by atoms with Gasteiger partial charge in [0.25, 0.3) is 11.6 Å². The molecule has 0 spiro atoms. The van der Waals surface area contributed by atoms with Crippen LogP contribution in [-0.2, 0) is 6.42 Å². The highest BCUT2D eigenvalue weighted by Crippen LogP contribution is 2.37. The number of nitro groups is 1. The van der Waals surface area contributed by atoms with Crippen molar-refractivity contribution >= 4 is 40.9 Å². The van der Waals surface area contributed by atoms with E-state index in [1.807, 2.05) is 6.92 Å². The molecule has 9 heteroatoms. The van der Waals surface area contributed by atoms with Crippen molar-refractivity contribution in [2.75, 3.05) is 0 Å². The van der Waals surface area contributed by atoms with Crippen LogP contribution in [0.5, 0.6) is 0 Å². The van der Waals surface area contributed by atoms with Crippen molar-refractivity contribution in [1.29, 1.82) is 0 Å². The van der Waals surface area contributed by atoms with Gasteiger partial charge in [0.2, 0.25) is 0 Å². The molecular weight excluding hydrogens is 364 g/mol. The van der Waals surface area contributed by atoms with E-state index < -0.39 is 16.8 Å². The minimum absolute atomic E-state index is 0.114. The quantitative estimate of drug-likeness (QED) is 0.355. The Hall–Kier alpha value is -2.58. The molecule has 7 nitrogen and oxygen atoms in total. The van der Waals surface area contributed by atoms with Gasteiger partial charge in [-0.05, 0) is 42.3 Å². The fraction of sp³-hybridized carbons (Fsp3) is 0.125. The summed E-state index contributed by atoms with van der Waals surface area (Å²) >= 11 is 7.07. The van der Waals surface area contributed by atoms with E-state index in [0.29, 0.717) is 21.9 Å². The zero-order valence-electron chi connectivity index (χ0n) is 13.2. The molecule has 0 aliphatic carbocycles. The number of aryl methyl sites for hydroxylation is 1. The molecule has 0 atom stereocenters. The smallest absolute Gasteiger partial charge is 0.284 e. The van der Waals surface area contributed by atoms with Crippen LogP contribution in [0.4, 0.5) is 5.69 Å². The average molecular weight is 379 g/mol. The normalized spacial score (nSPS) is 10.3. The molecule has 0 heterocycles. The number of carbonyl (C=O) groups is 1. The van der Waals surface area contributed by atoms with Gasteiger partial charge in [-0.2, -0.15) is 4.99 Å². The van der Waals surface area contributed by atoms with Crippen molar-refractivity contribution in [3.05, 3.63) is 62.7 Å². The van der Waals surface area contributed by atoms with E-state index in [2.05, 4.69) is 4.99 Å². The molecule has 2 rings (SSSR count). The summed E-state index contributed by atoms with van der Waals surface area (Å²) in [7, 11) is 0. The number of hydrogen-bond donors (Lipinski definition) is 2. The van der Waals surface area contributed by atoms with Gasteiger partial charge in [0.15, 0.2) is 5.96 Å². The van der Waals surface area contributed by atoms with Gasteiger partial charge in [-0.3, -0.25) is 14.9 Å². The van der Waals surface area contributed by atoms with Crippen LogP contribution in [0.3, 0.4) is 0 Å². The number of halogens is 1. The van der Waals surface area contributed by atoms with Crippen LogP contribution in [0.15, 0.2) is 51.2 Å². The Morgan fingerprint density at radius 3 is 2.44 bits per heavy atom. The van der Waals surface area contributed by atoms with E-state index in [0.717, 1.165) is 4.90 Å². The molecule has 2 aromatic carbocycles. The molecule has 4 N–H and O–H groups in total. The summed E-state index contributed by atoms with van der Waals surface area (Å²) in [6, 6.07) is 9.76. The van der Waals surface area contributed by atoms with Crippen molar-refractivity contribution in [3.63, 3.8) is 0 Å². The summed E-state index contributed by atoms with van der Waals surface area (Å²) in [5.74, 6) is -1.10. The molecule has 0 aromatic heterocycles. The lowest BCUT2D eigenvalue weighted by atomic mass is 10.0. The second kappa shape index (κ2) is 8.00. The van der Waals surface area contributed by atoms with Gasteiger partial charge < -0.3 is 11.5 Å². The first-order chi connectivity index (χ1) is 11.8. The van der Waals surface area contributed by atoms with E-state index >= 15 is 0 Å². The molecular formula is C16H15ClN4O3S. The summed E-state index contributed by atoms with van der Waals surface area (Å²) in [6.45, 7) is 1.84. The molecule has 2 aromatic rings. The van der Waals surface area contributed by atoms with Crippen LogP contribution in [0.2, 0.25) is 5.02 Å². The second-order valence-corrected chi connectivity index (χ2v) is 6.54. The third-order valence-electron chi connectivity index (χ3n) is 3.26. The molecule has 130 valence electrons. The number of nitro benzene ring substituents is 1. The number of aliphatic imine (C=N–C) groups is 1.